The molecule has 2 N–H and O–H groups in total. The Labute approximate surface area is 265 Å². The predicted octanol–water partition coefficient (Wildman–Crippen LogP) is 9.53. The van der Waals surface area contributed by atoms with E-state index in [1.807, 2.05) is 31.4 Å². The van der Waals surface area contributed by atoms with Gasteiger partial charge in [0.05, 0.1) is 11.0 Å². The molecule has 1 fully saturated rings. The summed E-state index contributed by atoms with van der Waals surface area (Å²) in [5.74, 6) is -2.06. The topological polar surface area (TPSA) is 47.1 Å². The average molecular weight is 603 g/mol. The summed E-state index contributed by atoms with van der Waals surface area (Å²) in [7, 11) is 1.50. The maximum atomic E-state index is 14.0. The molecule has 0 radical (unpaired) electrons. The number of likely N-dealkylation sites (tertiary alicyclic amines) is 1. The van der Waals surface area contributed by atoms with Gasteiger partial charge in [-0.2, -0.15) is 0 Å². The molecular weight excluding hydrogens is 550 g/mol. The summed E-state index contributed by atoms with van der Waals surface area (Å²) >= 11 is 0. The molecule has 0 atom stereocenters. The summed E-state index contributed by atoms with van der Waals surface area (Å²) < 4.78 is 30.0. The first-order valence-electron chi connectivity index (χ1n) is 14.9. The van der Waals surface area contributed by atoms with Gasteiger partial charge in [0.1, 0.15) is 5.82 Å². The van der Waals surface area contributed by atoms with Crippen LogP contribution in [0.2, 0.25) is 0 Å². The third-order valence-electron chi connectivity index (χ3n) is 6.80. The zero-order chi connectivity index (χ0) is 33.9. The summed E-state index contributed by atoms with van der Waals surface area (Å²) in [6.07, 6.45) is 10.4. The van der Waals surface area contributed by atoms with Gasteiger partial charge in [-0.15, -0.1) is 26.0 Å². The molecule has 1 aliphatic rings. The van der Waals surface area contributed by atoms with Crippen LogP contribution < -0.4 is 5.73 Å². The summed E-state index contributed by atoms with van der Waals surface area (Å²) in [6.45, 7) is 23.8. The summed E-state index contributed by atoms with van der Waals surface area (Å²) in [6, 6.07) is 21.3. The second-order valence-corrected chi connectivity index (χ2v) is 9.79. The SMILES string of the molecule is C#C.C=C.C=C(c1ccc2c(c1)nc(C)n2Cc1ccccc1C(C)(F)F)N1CCCC1.CC.CN.Cc1ccc(C)cc1. The smallest absolute Gasteiger partial charge is 0.270 e. The number of aryl methyl sites for hydroxylation is 3. The molecule has 1 aromatic heterocycles. The molecule has 5 rings (SSSR count). The number of halogens is 2. The van der Waals surface area contributed by atoms with E-state index in [9.17, 15) is 8.78 Å². The van der Waals surface area contributed by atoms with Crippen LogP contribution in [0, 0.1) is 33.6 Å². The van der Waals surface area contributed by atoms with E-state index in [0.717, 1.165) is 48.1 Å². The van der Waals surface area contributed by atoms with E-state index in [0.29, 0.717) is 12.1 Å². The summed E-state index contributed by atoms with van der Waals surface area (Å²) in [4.78, 5) is 7.00. The van der Waals surface area contributed by atoms with E-state index in [1.54, 1.807) is 18.2 Å². The Hall–Kier alpha value is -4.21. The van der Waals surface area contributed by atoms with Crippen LogP contribution in [0.5, 0.6) is 0 Å². The Bertz CT molecular complexity index is 1390. The molecule has 4 aromatic rings. The van der Waals surface area contributed by atoms with E-state index in [-0.39, 0.29) is 5.56 Å². The molecule has 1 saturated heterocycles. The Morgan fingerprint density at radius 3 is 1.89 bits per heavy atom. The molecule has 0 spiro atoms. The molecule has 0 saturated carbocycles. The Morgan fingerprint density at radius 2 is 1.39 bits per heavy atom. The predicted molar refractivity (Wildman–Crippen MR) is 188 cm³/mol. The van der Waals surface area contributed by atoms with Crippen molar-refractivity contribution in [3.8, 4) is 12.8 Å². The molecule has 44 heavy (non-hydrogen) atoms. The van der Waals surface area contributed by atoms with Gasteiger partial charge in [-0.3, -0.25) is 0 Å². The van der Waals surface area contributed by atoms with Crippen LogP contribution >= 0.6 is 0 Å². The third kappa shape index (κ3) is 11.5. The first kappa shape index (κ1) is 39.8. The lowest BCUT2D eigenvalue weighted by molar-refractivity contribution is 0.0164. The molecule has 0 aliphatic carbocycles. The standard InChI is InChI=1S/C23H25F2N3.C8H10.C2H6.C2H4.C2H2.CH5N/c1-16(27-12-6-7-13-27)18-10-11-22-21(14-18)26-17(2)28(22)15-19-8-4-5-9-20(19)23(3,24)25;1-7-3-5-8(2)6-4-7;4*1-2/h4-5,8-11,14H,1,6-7,12-13,15H2,2-3H3;3-6H,1-2H3;1-2H3;1-2H2;1-2H;2H2,1H3. The lowest BCUT2D eigenvalue weighted by atomic mass is 10.0. The zero-order valence-electron chi connectivity index (χ0n) is 27.8. The minimum absolute atomic E-state index is 0.0651. The number of alkyl halides is 2. The second-order valence-electron chi connectivity index (χ2n) is 9.79. The van der Waals surface area contributed by atoms with E-state index in [1.165, 1.54) is 37.1 Å². The van der Waals surface area contributed by atoms with Gasteiger partial charge in [0.2, 0.25) is 0 Å². The molecule has 1 aliphatic heterocycles. The molecule has 3 aromatic carbocycles. The van der Waals surface area contributed by atoms with Crippen molar-refractivity contribution in [2.45, 2.75) is 66.9 Å². The molecule has 2 heterocycles. The van der Waals surface area contributed by atoms with Gasteiger partial charge in [0, 0.05) is 37.8 Å². The van der Waals surface area contributed by atoms with Crippen molar-refractivity contribution in [1.82, 2.24) is 14.5 Å². The number of aromatic nitrogens is 2. The van der Waals surface area contributed by atoms with Crippen molar-refractivity contribution in [2.75, 3.05) is 20.1 Å². The zero-order valence-corrected chi connectivity index (χ0v) is 27.8. The summed E-state index contributed by atoms with van der Waals surface area (Å²) in [5.41, 5.74) is 11.8. The highest BCUT2D eigenvalue weighted by atomic mass is 19.3. The van der Waals surface area contributed by atoms with E-state index >= 15 is 0 Å². The van der Waals surface area contributed by atoms with E-state index < -0.39 is 5.92 Å². The van der Waals surface area contributed by atoms with Crippen LogP contribution in [-0.2, 0) is 12.5 Å². The number of hydrogen-bond donors (Lipinski definition) is 1. The number of hydrogen-bond acceptors (Lipinski definition) is 3. The Morgan fingerprint density at radius 1 is 0.886 bits per heavy atom. The highest BCUT2D eigenvalue weighted by molar-refractivity contribution is 5.81. The largest absolute Gasteiger partial charge is 0.372 e. The third-order valence-corrected chi connectivity index (χ3v) is 6.80. The fraction of sp³-hybridized carbons (Fsp3) is 0.342. The van der Waals surface area contributed by atoms with Crippen LogP contribution in [0.15, 0.2) is 86.5 Å². The number of nitrogens with zero attached hydrogens (tertiary/aromatic N) is 3. The van der Waals surface area contributed by atoms with Gasteiger partial charge >= 0.3 is 0 Å². The van der Waals surface area contributed by atoms with Crippen molar-refractivity contribution < 1.29 is 8.78 Å². The van der Waals surface area contributed by atoms with E-state index in [2.05, 4.69) is 98.4 Å². The van der Waals surface area contributed by atoms with Crippen molar-refractivity contribution in [3.63, 3.8) is 0 Å². The second kappa shape index (κ2) is 20.7. The monoisotopic (exact) mass is 602 g/mol. The van der Waals surface area contributed by atoms with Gasteiger partial charge in [0.25, 0.3) is 5.92 Å². The Balaban J connectivity index is 0.000000970. The van der Waals surface area contributed by atoms with Crippen LogP contribution in [0.1, 0.15) is 67.3 Å². The van der Waals surface area contributed by atoms with Crippen LogP contribution in [0.25, 0.3) is 16.7 Å². The lowest BCUT2D eigenvalue weighted by Gasteiger charge is -2.20. The average Bonchev–Trinajstić information content (AvgIpc) is 3.70. The van der Waals surface area contributed by atoms with Gasteiger partial charge < -0.3 is 15.2 Å². The summed E-state index contributed by atoms with van der Waals surface area (Å²) in [5, 5.41) is 0. The first-order chi connectivity index (χ1) is 21.1. The normalized spacial score (nSPS) is 11.5. The van der Waals surface area contributed by atoms with E-state index in [4.69, 9.17) is 0 Å². The number of benzene rings is 3. The number of nitrogens with two attached hydrogens (primary N) is 1. The molecule has 6 heteroatoms. The highest BCUT2D eigenvalue weighted by Crippen LogP contribution is 2.31. The molecule has 4 nitrogen and oxygen atoms in total. The van der Waals surface area contributed by atoms with Crippen LogP contribution in [0.3, 0.4) is 0 Å². The fourth-order valence-electron chi connectivity index (χ4n) is 4.69. The minimum Gasteiger partial charge on any atom is -0.372 e. The number of imidazole rings is 1. The quantitative estimate of drug-likeness (QED) is 0.183. The minimum atomic E-state index is -2.87. The van der Waals surface area contributed by atoms with Crippen LogP contribution in [-0.4, -0.2) is 34.6 Å². The molecule has 0 unspecified atom stereocenters. The lowest BCUT2D eigenvalue weighted by Crippen LogP contribution is -2.16. The maximum absolute atomic E-state index is 14.0. The fourth-order valence-corrected chi connectivity index (χ4v) is 4.69. The van der Waals surface area contributed by atoms with Crippen molar-refractivity contribution in [1.29, 1.82) is 0 Å². The van der Waals surface area contributed by atoms with Crippen LogP contribution in [0.4, 0.5) is 8.78 Å². The van der Waals surface area contributed by atoms with Gasteiger partial charge in [0.15, 0.2) is 0 Å². The first-order valence-corrected chi connectivity index (χ1v) is 14.9. The number of rotatable bonds is 5. The molecule has 0 amide bonds. The van der Waals surface area contributed by atoms with Gasteiger partial charge in [-0.1, -0.05) is 86.2 Å². The molecule has 0 bridgehead atoms. The maximum Gasteiger partial charge on any atom is 0.270 e. The van der Waals surface area contributed by atoms with Gasteiger partial charge in [-0.05, 0) is 63.9 Å². The molecule has 238 valence electrons. The van der Waals surface area contributed by atoms with Crippen molar-refractivity contribution in [3.05, 3.63) is 120 Å². The number of fused-ring (bicyclic) bond motifs is 1. The van der Waals surface area contributed by atoms with Gasteiger partial charge in [-0.25, -0.2) is 13.8 Å². The Kier molecular flexibility index (Phi) is 18.7. The molecular formula is C38H52F2N4. The number of terminal acetylenes is 1. The van der Waals surface area contributed by atoms with Crippen molar-refractivity contribution in [2.24, 2.45) is 5.73 Å². The van der Waals surface area contributed by atoms with Crippen molar-refractivity contribution >= 4 is 16.7 Å². The highest BCUT2D eigenvalue weighted by Gasteiger charge is 2.27.